The molecule has 8 heteroatoms. The van der Waals surface area contributed by atoms with Crippen LogP contribution in [0.3, 0.4) is 0 Å². The molecule has 1 heterocycles. The molecule has 1 N–H and O–H groups in total. The van der Waals surface area contributed by atoms with E-state index in [0.29, 0.717) is 35.8 Å². The lowest BCUT2D eigenvalue weighted by molar-refractivity contribution is -0.111. The third-order valence-corrected chi connectivity index (χ3v) is 6.59. The highest BCUT2D eigenvalue weighted by Crippen LogP contribution is 2.25. The van der Waals surface area contributed by atoms with Gasteiger partial charge in [0.15, 0.2) is 0 Å². The number of ether oxygens (including phenoxy) is 2. The maximum absolute atomic E-state index is 12.5. The van der Waals surface area contributed by atoms with Crippen molar-refractivity contribution >= 4 is 27.7 Å². The summed E-state index contributed by atoms with van der Waals surface area (Å²) in [5, 5.41) is 2.72. The lowest BCUT2D eigenvalue weighted by Gasteiger charge is -2.15. The molecule has 0 atom stereocenters. The Morgan fingerprint density at radius 1 is 1.03 bits per heavy atom. The van der Waals surface area contributed by atoms with E-state index >= 15 is 0 Å². The zero-order chi connectivity index (χ0) is 20.9. The van der Waals surface area contributed by atoms with Crippen molar-refractivity contribution in [2.75, 3.05) is 32.6 Å². The number of amides is 1. The van der Waals surface area contributed by atoms with Crippen LogP contribution in [0.5, 0.6) is 11.5 Å². The number of anilines is 1. The van der Waals surface area contributed by atoms with Gasteiger partial charge < -0.3 is 14.8 Å². The van der Waals surface area contributed by atoms with Crippen molar-refractivity contribution in [3.8, 4) is 11.5 Å². The minimum atomic E-state index is -3.46. The molecule has 0 spiro atoms. The Labute approximate surface area is 171 Å². The minimum absolute atomic E-state index is 0.231. The summed E-state index contributed by atoms with van der Waals surface area (Å²) in [5.74, 6) is 0.928. The normalized spacial score (nSPS) is 14.8. The molecular formula is C21H24N2O5S. The smallest absolute Gasteiger partial charge is 0.248 e. The number of carbonyl (C=O) groups excluding carboxylic acids is 1. The Bertz CT molecular complexity index is 994. The van der Waals surface area contributed by atoms with E-state index in [2.05, 4.69) is 5.32 Å². The van der Waals surface area contributed by atoms with Crippen molar-refractivity contribution in [1.82, 2.24) is 4.31 Å². The maximum atomic E-state index is 12.5. The molecule has 1 fully saturated rings. The second-order valence-corrected chi connectivity index (χ2v) is 8.50. The standard InChI is InChI=1S/C21H24N2O5S/c1-27-18-8-11-20(28-2)16(15-18)5-12-21(24)22-17-6-9-19(10-7-17)29(25,26)23-13-3-4-14-23/h5-12,15H,3-4,13-14H2,1-2H3,(H,22,24). The minimum Gasteiger partial charge on any atom is -0.497 e. The van der Waals surface area contributed by atoms with Gasteiger partial charge >= 0.3 is 0 Å². The topological polar surface area (TPSA) is 84.9 Å². The first-order valence-corrected chi connectivity index (χ1v) is 10.7. The van der Waals surface area contributed by atoms with Crippen molar-refractivity contribution < 1.29 is 22.7 Å². The van der Waals surface area contributed by atoms with E-state index in [1.807, 2.05) is 0 Å². The van der Waals surface area contributed by atoms with Crippen LogP contribution in [0.1, 0.15) is 18.4 Å². The third-order valence-electron chi connectivity index (χ3n) is 4.68. The van der Waals surface area contributed by atoms with Crippen molar-refractivity contribution in [2.45, 2.75) is 17.7 Å². The van der Waals surface area contributed by atoms with Crippen LogP contribution < -0.4 is 14.8 Å². The predicted octanol–water partition coefficient (Wildman–Crippen LogP) is 3.14. The number of sulfonamides is 1. The van der Waals surface area contributed by atoms with Crippen molar-refractivity contribution in [2.24, 2.45) is 0 Å². The first-order chi connectivity index (χ1) is 13.9. The Morgan fingerprint density at radius 2 is 1.72 bits per heavy atom. The van der Waals surface area contributed by atoms with Crippen LogP contribution in [0, 0.1) is 0 Å². The number of nitrogens with one attached hydrogen (secondary N) is 1. The Balaban J connectivity index is 1.67. The third kappa shape index (κ3) is 4.96. The molecular weight excluding hydrogens is 392 g/mol. The lowest BCUT2D eigenvalue weighted by atomic mass is 10.1. The molecule has 3 rings (SSSR count). The molecule has 0 bridgehead atoms. The van der Waals surface area contributed by atoms with E-state index in [0.717, 1.165) is 12.8 Å². The van der Waals surface area contributed by atoms with Crippen LogP contribution in [-0.4, -0.2) is 45.9 Å². The SMILES string of the molecule is COc1ccc(OC)c(C=CC(=O)Nc2ccc(S(=O)(=O)N3CCCC3)cc2)c1. The van der Waals surface area contributed by atoms with Gasteiger partial charge in [0.1, 0.15) is 11.5 Å². The van der Waals surface area contributed by atoms with E-state index < -0.39 is 10.0 Å². The Hall–Kier alpha value is -2.84. The molecule has 2 aromatic rings. The molecule has 1 amide bonds. The van der Waals surface area contributed by atoms with Gasteiger partial charge in [-0.1, -0.05) is 0 Å². The van der Waals surface area contributed by atoms with Gasteiger partial charge in [-0.2, -0.15) is 4.31 Å². The number of carbonyl (C=O) groups is 1. The van der Waals surface area contributed by atoms with Crippen LogP contribution in [0.15, 0.2) is 53.4 Å². The average molecular weight is 416 g/mol. The van der Waals surface area contributed by atoms with E-state index in [1.165, 1.54) is 22.5 Å². The second kappa shape index (κ2) is 9.11. The largest absolute Gasteiger partial charge is 0.497 e. The molecule has 0 radical (unpaired) electrons. The number of nitrogens with zero attached hydrogens (tertiary/aromatic N) is 1. The first kappa shape index (κ1) is 20.9. The van der Waals surface area contributed by atoms with Crippen LogP contribution in [0.4, 0.5) is 5.69 Å². The maximum Gasteiger partial charge on any atom is 0.248 e. The Morgan fingerprint density at radius 3 is 2.34 bits per heavy atom. The number of hydrogen-bond acceptors (Lipinski definition) is 5. The van der Waals surface area contributed by atoms with E-state index in [1.54, 1.807) is 50.6 Å². The summed E-state index contributed by atoms with van der Waals surface area (Å²) in [6, 6.07) is 11.5. The van der Waals surface area contributed by atoms with Gasteiger partial charge in [0, 0.05) is 30.4 Å². The molecule has 154 valence electrons. The summed E-state index contributed by atoms with van der Waals surface area (Å²) in [6.07, 6.45) is 4.78. The molecule has 0 saturated carbocycles. The molecule has 7 nitrogen and oxygen atoms in total. The van der Waals surface area contributed by atoms with Crippen LogP contribution in [0.2, 0.25) is 0 Å². The predicted molar refractivity (Wildman–Crippen MR) is 112 cm³/mol. The quantitative estimate of drug-likeness (QED) is 0.701. The van der Waals surface area contributed by atoms with Gasteiger partial charge in [-0.25, -0.2) is 8.42 Å². The highest BCUT2D eigenvalue weighted by atomic mass is 32.2. The van der Waals surface area contributed by atoms with E-state index in [9.17, 15) is 13.2 Å². The fourth-order valence-electron chi connectivity index (χ4n) is 3.11. The van der Waals surface area contributed by atoms with Crippen LogP contribution in [-0.2, 0) is 14.8 Å². The fraction of sp³-hybridized carbons (Fsp3) is 0.286. The summed E-state index contributed by atoms with van der Waals surface area (Å²) >= 11 is 0. The lowest BCUT2D eigenvalue weighted by Crippen LogP contribution is -2.27. The highest BCUT2D eigenvalue weighted by Gasteiger charge is 2.26. The first-order valence-electron chi connectivity index (χ1n) is 9.25. The number of rotatable bonds is 7. The zero-order valence-corrected chi connectivity index (χ0v) is 17.2. The molecule has 2 aromatic carbocycles. The van der Waals surface area contributed by atoms with Gasteiger partial charge in [-0.15, -0.1) is 0 Å². The monoisotopic (exact) mass is 416 g/mol. The second-order valence-electron chi connectivity index (χ2n) is 6.57. The van der Waals surface area contributed by atoms with E-state index in [4.69, 9.17) is 9.47 Å². The molecule has 0 unspecified atom stereocenters. The number of methoxy groups -OCH3 is 2. The van der Waals surface area contributed by atoms with Crippen LogP contribution in [0.25, 0.3) is 6.08 Å². The molecule has 1 aliphatic heterocycles. The van der Waals surface area contributed by atoms with Gasteiger partial charge in [-0.3, -0.25) is 4.79 Å². The summed E-state index contributed by atoms with van der Waals surface area (Å²) < 4.78 is 37.1. The Kier molecular flexibility index (Phi) is 6.56. The highest BCUT2D eigenvalue weighted by molar-refractivity contribution is 7.89. The van der Waals surface area contributed by atoms with Gasteiger partial charge in [0.2, 0.25) is 15.9 Å². The van der Waals surface area contributed by atoms with Crippen molar-refractivity contribution in [3.63, 3.8) is 0 Å². The van der Waals surface area contributed by atoms with Gasteiger partial charge in [0.25, 0.3) is 0 Å². The molecule has 1 saturated heterocycles. The van der Waals surface area contributed by atoms with Crippen molar-refractivity contribution in [1.29, 1.82) is 0 Å². The molecule has 1 aliphatic rings. The van der Waals surface area contributed by atoms with Gasteiger partial charge in [-0.05, 0) is 61.4 Å². The van der Waals surface area contributed by atoms with Crippen molar-refractivity contribution in [3.05, 3.63) is 54.1 Å². The number of benzene rings is 2. The van der Waals surface area contributed by atoms with Crippen LogP contribution >= 0.6 is 0 Å². The molecule has 0 aromatic heterocycles. The zero-order valence-electron chi connectivity index (χ0n) is 16.4. The summed E-state index contributed by atoms with van der Waals surface area (Å²) in [6.45, 7) is 1.11. The van der Waals surface area contributed by atoms with Gasteiger partial charge in [0.05, 0.1) is 19.1 Å². The average Bonchev–Trinajstić information content (AvgIpc) is 3.28. The molecule has 29 heavy (non-hydrogen) atoms. The number of hydrogen-bond donors (Lipinski definition) is 1. The fourth-order valence-corrected chi connectivity index (χ4v) is 4.62. The molecule has 0 aliphatic carbocycles. The summed E-state index contributed by atoms with van der Waals surface area (Å²) in [4.78, 5) is 12.5. The summed E-state index contributed by atoms with van der Waals surface area (Å²) in [5.41, 5.74) is 1.21. The van der Waals surface area contributed by atoms with E-state index in [-0.39, 0.29) is 10.8 Å². The summed E-state index contributed by atoms with van der Waals surface area (Å²) in [7, 11) is -0.346.